The molecule has 6 heteroatoms. The van der Waals surface area contributed by atoms with Crippen LogP contribution in [0.15, 0.2) is 5.11 Å². The van der Waals surface area contributed by atoms with Gasteiger partial charge in [0.1, 0.15) is 5.54 Å². The minimum Gasteiger partial charge on any atom is -0.480 e. The van der Waals surface area contributed by atoms with Gasteiger partial charge in [-0.25, -0.2) is 0 Å². The lowest BCUT2D eigenvalue weighted by Crippen LogP contribution is -2.58. The minimum absolute atomic E-state index is 0.0154. The van der Waals surface area contributed by atoms with Crippen molar-refractivity contribution in [3.8, 4) is 0 Å². The smallest absolute Gasteiger partial charge is 0.323 e. The van der Waals surface area contributed by atoms with E-state index < -0.39 is 11.5 Å². The SMILES string of the molecule is CC1CC(C)(C)CC(NCCN=[N+]=[N-])(C(=O)O)C1. The average Bonchev–Trinajstić information content (AvgIpc) is 2.21. The minimum atomic E-state index is -0.883. The van der Waals surface area contributed by atoms with Crippen molar-refractivity contribution in [1.29, 1.82) is 0 Å². The van der Waals surface area contributed by atoms with E-state index in [1.54, 1.807) is 0 Å². The molecule has 0 spiro atoms. The lowest BCUT2D eigenvalue weighted by atomic mass is 9.64. The van der Waals surface area contributed by atoms with E-state index in [1.165, 1.54) is 0 Å². The third kappa shape index (κ3) is 3.62. The maximum atomic E-state index is 11.6. The fourth-order valence-corrected chi connectivity index (χ4v) is 3.33. The van der Waals surface area contributed by atoms with Gasteiger partial charge in [0.15, 0.2) is 0 Å². The molecular formula is C12H22N4O2. The Labute approximate surface area is 107 Å². The Hall–Kier alpha value is -1.26. The summed E-state index contributed by atoms with van der Waals surface area (Å²) in [5, 5.41) is 16.0. The van der Waals surface area contributed by atoms with E-state index in [-0.39, 0.29) is 12.0 Å². The van der Waals surface area contributed by atoms with Crippen molar-refractivity contribution in [1.82, 2.24) is 5.32 Å². The topological polar surface area (TPSA) is 98.1 Å². The molecule has 0 bridgehead atoms. The van der Waals surface area contributed by atoms with E-state index in [4.69, 9.17) is 5.53 Å². The van der Waals surface area contributed by atoms with E-state index in [0.29, 0.717) is 25.3 Å². The maximum Gasteiger partial charge on any atom is 0.323 e. The highest BCUT2D eigenvalue weighted by Crippen LogP contribution is 2.43. The van der Waals surface area contributed by atoms with E-state index >= 15 is 0 Å². The van der Waals surface area contributed by atoms with Gasteiger partial charge in [-0.3, -0.25) is 4.79 Å². The highest BCUT2D eigenvalue weighted by atomic mass is 16.4. The molecule has 6 nitrogen and oxygen atoms in total. The quantitative estimate of drug-likeness (QED) is 0.341. The van der Waals surface area contributed by atoms with Gasteiger partial charge in [-0.15, -0.1) is 0 Å². The maximum absolute atomic E-state index is 11.6. The van der Waals surface area contributed by atoms with Crippen LogP contribution >= 0.6 is 0 Å². The monoisotopic (exact) mass is 254 g/mol. The summed E-state index contributed by atoms with van der Waals surface area (Å²) in [6.45, 7) is 6.98. The lowest BCUT2D eigenvalue weighted by molar-refractivity contribution is -0.149. The van der Waals surface area contributed by atoms with Crippen LogP contribution in [0, 0.1) is 11.3 Å². The largest absolute Gasteiger partial charge is 0.480 e. The summed E-state index contributed by atoms with van der Waals surface area (Å²) in [4.78, 5) is 14.3. The number of carbonyl (C=O) groups is 1. The van der Waals surface area contributed by atoms with Crippen molar-refractivity contribution in [3.05, 3.63) is 10.4 Å². The van der Waals surface area contributed by atoms with Crippen molar-refractivity contribution in [2.45, 2.75) is 45.6 Å². The van der Waals surface area contributed by atoms with Crippen molar-refractivity contribution >= 4 is 5.97 Å². The van der Waals surface area contributed by atoms with E-state index in [9.17, 15) is 9.90 Å². The standard InChI is InChI=1S/C12H22N4O2/c1-9-6-11(2,3)8-12(7-9,10(17)18)14-4-5-15-16-13/h9,14H,4-8H2,1-3H3,(H,17,18). The predicted molar refractivity (Wildman–Crippen MR) is 69.2 cm³/mol. The summed E-state index contributed by atoms with van der Waals surface area (Å²) < 4.78 is 0. The third-order valence-corrected chi connectivity index (χ3v) is 3.53. The molecule has 0 aromatic heterocycles. The number of nitrogens with zero attached hydrogens (tertiary/aromatic N) is 3. The molecule has 2 atom stereocenters. The second-order valence-electron chi connectivity index (χ2n) is 6.12. The van der Waals surface area contributed by atoms with Crippen LogP contribution in [0.25, 0.3) is 10.4 Å². The van der Waals surface area contributed by atoms with E-state index in [0.717, 1.165) is 6.42 Å². The lowest BCUT2D eigenvalue weighted by Gasteiger charge is -2.45. The van der Waals surface area contributed by atoms with Crippen LogP contribution in [0.2, 0.25) is 0 Å². The molecule has 0 heterocycles. The van der Waals surface area contributed by atoms with Gasteiger partial charge in [-0.2, -0.15) is 0 Å². The Morgan fingerprint density at radius 1 is 1.56 bits per heavy atom. The molecule has 2 N–H and O–H groups in total. The van der Waals surface area contributed by atoms with Gasteiger partial charge < -0.3 is 10.4 Å². The molecule has 1 aliphatic carbocycles. The number of hydrogen-bond donors (Lipinski definition) is 2. The number of carboxylic acid groups (broad SMARTS) is 1. The van der Waals surface area contributed by atoms with Gasteiger partial charge in [0.05, 0.1) is 0 Å². The van der Waals surface area contributed by atoms with Crippen molar-refractivity contribution in [2.24, 2.45) is 16.4 Å². The van der Waals surface area contributed by atoms with Gasteiger partial charge in [0.25, 0.3) is 0 Å². The van der Waals surface area contributed by atoms with Crippen LogP contribution in [0.4, 0.5) is 0 Å². The summed E-state index contributed by atoms with van der Waals surface area (Å²) in [5.74, 6) is -0.431. The molecule has 102 valence electrons. The molecule has 0 aromatic rings. The van der Waals surface area contributed by atoms with Crippen LogP contribution in [-0.2, 0) is 4.79 Å². The normalized spacial score (nSPS) is 30.5. The van der Waals surface area contributed by atoms with Gasteiger partial charge in [0, 0.05) is 18.0 Å². The van der Waals surface area contributed by atoms with Crippen LogP contribution in [0.3, 0.4) is 0 Å². The van der Waals surface area contributed by atoms with Gasteiger partial charge in [0.2, 0.25) is 0 Å². The molecule has 0 amide bonds. The number of nitrogens with one attached hydrogen (secondary N) is 1. The summed E-state index contributed by atoms with van der Waals surface area (Å²) in [6.07, 6.45) is 2.28. The Morgan fingerprint density at radius 3 is 2.72 bits per heavy atom. The fourth-order valence-electron chi connectivity index (χ4n) is 3.33. The summed E-state index contributed by atoms with van der Waals surface area (Å²) in [5.41, 5.74) is 7.35. The van der Waals surface area contributed by atoms with E-state index in [1.807, 2.05) is 0 Å². The van der Waals surface area contributed by atoms with Crippen LogP contribution in [0.1, 0.15) is 40.0 Å². The Kier molecular flexibility index (Phi) is 4.59. The molecule has 1 rings (SSSR count). The summed E-state index contributed by atoms with van der Waals surface area (Å²) in [7, 11) is 0. The molecule has 1 fully saturated rings. The Balaban J connectivity index is 2.79. The fraction of sp³-hybridized carbons (Fsp3) is 0.917. The number of hydrogen-bond acceptors (Lipinski definition) is 3. The molecule has 18 heavy (non-hydrogen) atoms. The van der Waals surface area contributed by atoms with E-state index in [2.05, 4.69) is 36.1 Å². The van der Waals surface area contributed by atoms with Gasteiger partial charge in [-0.05, 0) is 36.1 Å². The first kappa shape index (κ1) is 14.8. The second-order valence-corrected chi connectivity index (χ2v) is 6.12. The van der Waals surface area contributed by atoms with Crippen LogP contribution < -0.4 is 5.32 Å². The predicted octanol–water partition coefficient (Wildman–Crippen LogP) is 2.56. The van der Waals surface area contributed by atoms with Gasteiger partial charge in [-0.1, -0.05) is 25.9 Å². The van der Waals surface area contributed by atoms with Crippen molar-refractivity contribution in [3.63, 3.8) is 0 Å². The zero-order valence-electron chi connectivity index (χ0n) is 11.3. The first-order valence-corrected chi connectivity index (χ1v) is 6.31. The first-order valence-electron chi connectivity index (χ1n) is 6.31. The van der Waals surface area contributed by atoms with Crippen molar-refractivity contribution in [2.75, 3.05) is 13.1 Å². The molecule has 2 unspecified atom stereocenters. The molecule has 0 saturated heterocycles. The molecule has 0 aliphatic heterocycles. The molecule has 1 aliphatic rings. The first-order chi connectivity index (χ1) is 8.31. The number of azide groups is 1. The van der Waals surface area contributed by atoms with Gasteiger partial charge >= 0.3 is 5.97 Å². The number of rotatable bonds is 5. The van der Waals surface area contributed by atoms with Crippen LogP contribution in [-0.4, -0.2) is 29.7 Å². The Bertz CT molecular complexity index is 363. The number of carboxylic acids is 1. The average molecular weight is 254 g/mol. The summed E-state index contributed by atoms with van der Waals surface area (Å²) in [6, 6.07) is 0. The highest BCUT2D eigenvalue weighted by molar-refractivity contribution is 5.79. The van der Waals surface area contributed by atoms with Crippen molar-refractivity contribution < 1.29 is 9.90 Å². The summed E-state index contributed by atoms with van der Waals surface area (Å²) >= 11 is 0. The zero-order chi connectivity index (χ0) is 13.8. The molecular weight excluding hydrogens is 232 g/mol. The molecule has 1 saturated carbocycles. The third-order valence-electron chi connectivity index (χ3n) is 3.53. The molecule has 0 aromatic carbocycles. The molecule has 0 radical (unpaired) electrons. The zero-order valence-corrected chi connectivity index (χ0v) is 11.3. The highest BCUT2D eigenvalue weighted by Gasteiger charge is 2.47. The Morgan fingerprint density at radius 2 is 2.22 bits per heavy atom. The van der Waals surface area contributed by atoms with Crippen LogP contribution in [0.5, 0.6) is 0 Å². The second kappa shape index (κ2) is 5.59. The number of aliphatic carboxylic acids is 1.